The van der Waals surface area contributed by atoms with Crippen molar-refractivity contribution >= 4 is 11.9 Å². The minimum absolute atomic E-state index is 0.0350. The first-order chi connectivity index (χ1) is 17.9. The van der Waals surface area contributed by atoms with Crippen LogP contribution in [0.2, 0.25) is 0 Å². The van der Waals surface area contributed by atoms with E-state index in [-0.39, 0.29) is 37.2 Å². The van der Waals surface area contributed by atoms with Gasteiger partial charge in [-0.25, -0.2) is 4.39 Å². The Morgan fingerprint density at radius 3 is 2.73 bits per heavy atom. The molecule has 0 radical (unpaired) electrons. The van der Waals surface area contributed by atoms with Crippen molar-refractivity contribution in [3.05, 3.63) is 88.2 Å². The normalized spacial score (nSPS) is 16.6. The second-order valence-electron chi connectivity index (χ2n) is 9.46. The van der Waals surface area contributed by atoms with E-state index in [1.807, 2.05) is 25.1 Å². The van der Waals surface area contributed by atoms with Gasteiger partial charge in [0, 0.05) is 18.7 Å². The largest absolute Gasteiger partial charge is 0.493 e. The van der Waals surface area contributed by atoms with Gasteiger partial charge < -0.3 is 19.5 Å². The molecule has 37 heavy (non-hydrogen) atoms. The van der Waals surface area contributed by atoms with Crippen LogP contribution in [-0.4, -0.2) is 41.6 Å². The van der Waals surface area contributed by atoms with Crippen LogP contribution in [-0.2, 0) is 40.1 Å². The first-order valence-corrected chi connectivity index (χ1v) is 12.7. The Labute approximate surface area is 215 Å². The molecule has 3 aromatic carbocycles. The molecule has 3 aromatic rings. The van der Waals surface area contributed by atoms with E-state index in [0.717, 1.165) is 23.1 Å². The molecule has 6 nitrogen and oxygen atoms in total. The molecule has 192 valence electrons. The average molecular weight is 504 g/mol. The van der Waals surface area contributed by atoms with Gasteiger partial charge in [0.15, 0.2) is 0 Å². The number of fused-ring (bicyclic) bond motifs is 2. The van der Waals surface area contributed by atoms with Gasteiger partial charge in [0.1, 0.15) is 11.6 Å². The summed E-state index contributed by atoms with van der Waals surface area (Å²) in [5, 5.41) is 9.29. The van der Waals surface area contributed by atoms with E-state index in [9.17, 15) is 19.1 Å². The van der Waals surface area contributed by atoms with Crippen molar-refractivity contribution in [1.29, 1.82) is 0 Å². The van der Waals surface area contributed by atoms with Crippen molar-refractivity contribution in [3.63, 3.8) is 0 Å². The molecular weight excluding hydrogens is 473 g/mol. The Morgan fingerprint density at radius 1 is 1.08 bits per heavy atom. The minimum atomic E-state index is -0.931. The first kappa shape index (κ1) is 25.0. The highest BCUT2D eigenvalue weighted by Crippen LogP contribution is 2.38. The highest BCUT2D eigenvalue weighted by atomic mass is 19.1. The lowest BCUT2D eigenvalue weighted by molar-refractivity contribution is -0.136. The molecule has 1 atom stereocenters. The molecule has 7 heteroatoms. The third-order valence-electron chi connectivity index (χ3n) is 7.15. The molecule has 0 aliphatic carbocycles. The van der Waals surface area contributed by atoms with Gasteiger partial charge in [-0.05, 0) is 71.3 Å². The van der Waals surface area contributed by atoms with Gasteiger partial charge in [0.25, 0.3) is 0 Å². The third kappa shape index (κ3) is 5.23. The molecule has 0 saturated heterocycles. The Hall–Kier alpha value is -3.71. The number of benzene rings is 3. The van der Waals surface area contributed by atoms with Crippen LogP contribution in [0, 0.1) is 5.82 Å². The maximum Gasteiger partial charge on any atom is 0.307 e. The lowest BCUT2D eigenvalue weighted by Gasteiger charge is -2.33. The summed E-state index contributed by atoms with van der Waals surface area (Å²) in [4.78, 5) is 26.5. The Balaban J connectivity index is 1.45. The van der Waals surface area contributed by atoms with Crippen molar-refractivity contribution in [2.45, 2.75) is 45.3 Å². The maximum atomic E-state index is 14.9. The molecule has 0 aromatic heterocycles. The van der Waals surface area contributed by atoms with E-state index >= 15 is 0 Å². The van der Waals surface area contributed by atoms with E-state index in [1.54, 1.807) is 29.2 Å². The van der Waals surface area contributed by atoms with Crippen LogP contribution >= 0.6 is 0 Å². The van der Waals surface area contributed by atoms with Crippen molar-refractivity contribution < 1.29 is 28.6 Å². The number of hydrogen-bond acceptors (Lipinski definition) is 4. The van der Waals surface area contributed by atoms with Crippen molar-refractivity contribution in [3.8, 4) is 16.9 Å². The summed E-state index contributed by atoms with van der Waals surface area (Å²) < 4.78 is 26.7. The van der Waals surface area contributed by atoms with Gasteiger partial charge in [0.05, 0.1) is 32.2 Å². The highest BCUT2D eigenvalue weighted by molar-refractivity contribution is 5.80. The van der Waals surface area contributed by atoms with Gasteiger partial charge in [0.2, 0.25) is 5.91 Å². The van der Waals surface area contributed by atoms with Crippen LogP contribution < -0.4 is 4.74 Å². The number of carboxylic acid groups (broad SMARTS) is 1. The SMILES string of the molecule is CCOc1ccc(CC(=O)O)cc1-c1ccc(F)c2c1CN(C(=O)CC1OCCc3ccccc31)CC2. The van der Waals surface area contributed by atoms with Crippen LogP contribution in [0.15, 0.2) is 54.6 Å². The maximum absolute atomic E-state index is 14.9. The molecule has 0 fully saturated rings. The average Bonchev–Trinajstić information content (AvgIpc) is 2.90. The minimum Gasteiger partial charge on any atom is -0.493 e. The Bertz CT molecular complexity index is 1340. The molecule has 2 aliphatic rings. The highest BCUT2D eigenvalue weighted by Gasteiger charge is 2.30. The van der Waals surface area contributed by atoms with Crippen molar-refractivity contribution in [2.75, 3.05) is 19.8 Å². The summed E-state index contributed by atoms with van der Waals surface area (Å²) in [5.74, 6) is -0.664. The fourth-order valence-electron chi connectivity index (χ4n) is 5.38. The molecule has 0 bridgehead atoms. The number of carboxylic acids is 1. The Kier molecular flexibility index (Phi) is 7.24. The summed E-state index contributed by atoms with van der Waals surface area (Å²) in [6.07, 6.45) is 1.06. The Morgan fingerprint density at radius 2 is 1.92 bits per heavy atom. The molecular formula is C30H30FNO5. The number of carbonyl (C=O) groups is 2. The van der Waals surface area contributed by atoms with Gasteiger partial charge in [-0.3, -0.25) is 9.59 Å². The third-order valence-corrected chi connectivity index (χ3v) is 7.15. The van der Waals surface area contributed by atoms with Gasteiger partial charge in [-0.15, -0.1) is 0 Å². The molecule has 1 amide bonds. The van der Waals surface area contributed by atoms with Crippen molar-refractivity contribution in [1.82, 2.24) is 4.90 Å². The molecule has 0 spiro atoms. The molecule has 2 aliphatic heterocycles. The van der Waals surface area contributed by atoms with Crippen LogP contribution in [0.5, 0.6) is 5.75 Å². The van der Waals surface area contributed by atoms with E-state index in [0.29, 0.717) is 48.6 Å². The number of hydrogen-bond donors (Lipinski definition) is 1. The van der Waals surface area contributed by atoms with E-state index in [1.165, 1.54) is 11.6 Å². The van der Waals surface area contributed by atoms with Crippen molar-refractivity contribution in [2.24, 2.45) is 0 Å². The second kappa shape index (κ2) is 10.7. The summed E-state index contributed by atoms with van der Waals surface area (Å²) in [6.45, 7) is 3.59. The topological polar surface area (TPSA) is 76.1 Å². The number of nitrogens with zero attached hydrogens (tertiary/aromatic N) is 1. The smallest absolute Gasteiger partial charge is 0.307 e. The molecule has 2 heterocycles. The number of halogens is 1. The zero-order valence-corrected chi connectivity index (χ0v) is 20.8. The standard InChI is InChI=1S/C30H30FNO5/c1-2-36-27-10-7-19(16-30(34)35)15-24(27)22-8-9-26(31)23-11-13-32(18-25(22)23)29(33)17-28-21-6-4-3-5-20(21)12-14-37-28/h3-10,15,28H,2,11-14,16-18H2,1H3,(H,34,35). The summed E-state index contributed by atoms with van der Waals surface area (Å²) in [6, 6.07) is 16.5. The molecule has 5 rings (SSSR count). The fraction of sp³-hybridized carbons (Fsp3) is 0.333. The van der Waals surface area contributed by atoms with Gasteiger partial charge >= 0.3 is 5.97 Å². The van der Waals surface area contributed by atoms with Crippen LogP contribution in [0.4, 0.5) is 4.39 Å². The predicted molar refractivity (Wildman–Crippen MR) is 137 cm³/mol. The lowest BCUT2D eigenvalue weighted by atomic mass is 9.89. The molecule has 0 saturated carbocycles. The van der Waals surface area contributed by atoms with E-state index in [4.69, 9.17) is 9.47 Å². The zero-order chi connectivity index (χ0) is 25.9. The monoisotopic (exact) mass is 503 g/mol. The van der Waals surface area contributed by atoms with Crippen LogP contribution in [0.1, 0.15) is 47.3 Å². The summed E-state index contributed by atoms with van der Waals surface area (Å²) in [5.41, 5.74) is 5.68. The number of rotatable bonds is 7. The van der Waals surface area contributed by atoms with Gasteiger partial charge in [-0.1, -0.05) is 36.4 Å². The number of ether oxygens (including phenoxy) is 2. The molecule has 1 unspecified atom stereocenters. The predicted octanol–water partition coefficient (Wildman–Crippen LogP) is 5.11. The number of carbonyl (C=O) groups excluding carboxylic acids is 1. The molecule has 1 N–H and O–H groups in total. The number of amides is 1. The van der Waals surface area contributed by atoms with Gasteiger partial charge in [-0.2, -0.15) is 0 Å². The van der Waals surface area contributed by atoms with E-state index < -0.39 is 5.97 Å². The van der Waals surface area contributed by atoms with Crippen LogP contribution in [0.3, 0.4) is 0 Å². The zero-order valence-electron chi connectivity index (χ0n) is 20.8. The van der Waals surface area contributed by atoms with Crippen LogP contribution in [0.25, 0.3) is 11.1 Å². The second-order valence-corrected chi connectivity index (χ2v) is 9.46. The number of aliphatic carboxylic acids is 1. The summed E-state index contributed by atoms with van der Waals surface area (Å²) >= 11 is 0. The fourth-order valence-corrected chi connectivity index (χ4v) is 5.38. The lowest BCUT2D eigenvalue weighted by Crippen LogP contribution is -2.38. The first-order valence-electron chi connectivity index (χ1n) is 12.7. The summed E-state index contributed by atoms with van der Waals surface area (Å²) in [7, 11) is 0. The quantitative estimate of drug-likeness (QED) is 0.485. The van der Waals surface area contributed by atoms with E-state index in [2.05, 4.69) is 6.07 Å².